The molecule has 2 heteroatoms. The van der Waals surface area contributed by atoms with Crippen LogP contribution < -0.4 is 0 Å². The third-order valence-electron chi connectivity index (χ3n) is 7.46. The van der Waals surface area contributed by atoms with Crippen molar-refractivity contribution in [3.8, 4) is 0 Å². The lowest BCUT2D eigenvalue weighted by Gasteiger charge is -2.44. The van der Waals surface area contributed by atoms with Crippen LogP contribution in [0.15, 0.2) is 45.1 Å². The molecule has 25 heavy (non-hydrogen) atoms. The predicted octanol–water partition coefficient (Wildman–Crippen LogP) is 6.88. The fourth-order valence-electron chi connectivity index (χ4n) is 5.28. The minimum Gasteiger partial charge on any atom is -0.0778 e. The Morgan fingerprint density at radius 1 is 0.880 bits per heavy atom. The Morgan fingerprint density at radius 3 is 1.88 bits per heavy atom. The highest BCUT2D eigenvalue weighted by molar-refractivity contribution is 7.04. The van der Waals surface area contributed by atoms with E-state index in [1.165, 1.54) is 0 Å². The molecule has 3 aliphatic rings. The van der Waals surface area contributed by atoms with Gasteiger partial charge in [-0.15, -0.1) is 0 Å². The van der Waals surface area contributed by atoms with Gasteiger partial charge in [0.2, 0.25) is 0 Å². The normalized spacial score (nSPS) is 31.0. The third kappa shape index (κ3) is 2.75. The topological polar surface area (TPSA) is 0 Å². The zero-order valence-electron chi connectivity index (χ0n) is 18.1. The van der Waals surface area contributed by atoms with Gasteiger partial charge in [-0.1, -0.05) is 113 Å². The van der Waals surface area contributed by atoms with Crippen molar-refractivity contribution in [2.24, 2.45) is 29.1 Å². The Labute approximate surface area is 158 Å². The summed E-state index contributed by atoms with van der Waals surface area (Å²) in [4.78, 5) is 0. The Kier molecular flexibility index (Phi) is 4.36. The molecule has 1 heterocycles. The third-order valence-corrected chi connectivity index (χ3v) is 15.3. The molecule has 0 aromatic rings. The summed E-state index contributed by atoms with van der Waals surface area (Å²) in [7, 11) is -3.12. The first-order valence-corrected chi connectivity index (χ1v) is 16.2. The van der Waals surface area contributed by atoms with E-state index < -0.39 is 16.1 Å². The largest absolute Gasteiger partial charge is 0.111 e. The van der Waals surface area contributed by atoms with Crippen molar-refractivity contribution in [1.29, 1.82) is 0 Å². The van der Waals surface area contributed by atoms with Crippen LogP contribution in [0.2, 0.25) is 26.2 Å². The Morgan fingerprint density at radius 2 is 1.40 bits per heavy atom. The second-order valence-corrected chi connectivity index (χ2v) is 19.8. The molecule has 3 atom stereocenters. The zero-order chi connectivity index (χ0) is 18.9. The van der Waals surface area contributed by atoms with Gasteiger partial charge in [-0.3, -0.25) is 0 Å². The zero-order valence-corrected chi connectivity index (χ0v) is 20.1. The van der Waals surface area contributed by atoms with Crippen LogP contribution in [-0.2, 0) is 0 Å². The van der Waals surface area contributed by atoms with Crippen LogP contribution in [0.1, 0.15) is 41.5 Å². The van der Waals surface area contributed by atoms with E-state index in [2.05, 4.69) is 92.0 Å². The van der Waals surface area contributed by atoms with E-state index in [0.717, 1.165) is 5.92 Å². The first kappa shape index (κ1) is 19.2. The summed E-state index contributed by atoms with van der Waals surface area (Å²) in [5, 5.41) is 7.26. The SMILES string of the molecule is CC(C)C1C=CC2=C1[Si](C)(C)C1=CC([C@H](C)C(C)(C)C)C=C1[Si]2(C)C. The van der Waals surface area contributed by atoms with Crippen molar-refractivity contribution in [3.63, 3.8) is 0 Å². The van der Waals surface area contributed by atoms with Crippen molar-refractivity contribution in [3.05, 3.63) is 45.1 Å². The van der Waals surface area contributed by atoms with Gasteiger partial charge in [0.15, 0.2) is 0 Å². The molecular formula is C23H38Si2. The monoisotopic (exact) mass is 370 g/mol. The molecule has 0 saturated carbocycles. The number of allylic oxidation sites excluding steroid dienone is 8. The molecule has 0 aromatic heterocycles. The minimum absolute atomic E-state index is 0.361. The van der Waals surface area contributed by atoms with E-state index in [9.17, 15) is 0 Å². The van der Waals surface area contributed by atoms with E-state index >= 15 is 0 Å². The van der Waals surface area contributed by atoms with Gasteiger partial charge < -0.3 is 0 Å². The van der Waals surface area contributed by atoms with Gasteiger partial charge in [0.25, 0.3) is 0 Å². The summed E-state index contributed by atoms with van der Waals surface area (Å²) >= 11 is 0. The molecule has 0 bridgehead atoms. The average Bonchev–Trinajstić information content (AvgIpc) is 3.10. The molecule has 0 nitrogen and oxygen atoms in total. The molecule has 1 aliphatic heterocycles. The molecule has 0 aromatic carbocycles. The fourth-order valence-corrected chi connectivity index (χ4v) is 15.7. The minimum atomic E-state index is -1.57. The summed E-state index contributed by atoms with van der Waals surface area (Å²) in [5.41, 5.74) is 0.361. The van der Waals surface area contributed by atoms with Crippen LogP contribution in [0.4, 0.5) is 0 Å². The van der Waals surface area contributed by atoms with Crippen LogP contribution in [0.5, 0.6) is 0 Å². The second-order valence-electron chi connectivity index (χ2n) is 11.1. The number of fused-ring (bicyclic) bond motifs is 1. The maximum absolute atomic E-state index is 2.71. The summed E-state index contributed by atoms with van der Waals surface area (Å²) in [5.74, 6) is 2.73. The molecule has 0 fully saturated rings. The van der Waals surface area contributed by atoms with E-state index in [1.54, 1.807) is 15.6 Å². The van der Waals surface area contributed by atoms with Crippen LogP contribution >= 0.6 is 0 Å². The lowest BCUT2D eigenvalue weighted by molar-refractivity contribution is 0.230. The van der Waals surface area contributed by atoms with Gasteiger partial charge in [-0.25, -0.2) is 0 Å². The summed E-state index contributed by atoms with van der Waals surface area (Å²) in [6.07, 6.45) is 10.5. The number of rotatable bonds is 2. The van der Waals surface area contributed by atoms with Gasteiger partial charge in [-0.05, 0) is 29.1 Å². The Balaban J connectivity index is 2.14. The van der Waals surface area contributed by atoms with Crippen LogP contribution in [0.25, 0.3) is 0 Å². The first-order valence-electron chi connectivity index (χ1n) is 10.2. The van der Waals surface area contributed by atoms with Crippen LogP contribution in [0, 0.1) is 29.1 Å². The Bertz CT molecular complexity index is 705. The molecule has 0 spiro atoms. The highest BCUT2D eigenvalue weighted by atomic mass is 28.3. The van der Waals surface area contributed by atoms with Crippen molar-refractivity contribution >= 4 is 16.1 Å². The van der Waals surface area contributed by atoms with Crippen molar-refractivity contribution in [2.45, 2.75) is 67.7 Å². The maximum atomic E-state index is 2.71. The molecule has 0 saturated heterocycles. The molecule has 2 unspecified atom stereocenters. The number of hydrogen-bond donors (Lipinski definition) is 0. The van der Waals surface area contributed by atoms with Gasteiger partial charge in [0.05, 0.1) is 0 Å². The lowest BCUT2D eigenvalue weighted by Crippen LogP contribution is -2.49. The van der Waals surface area contributed by atoms with E-state index in [-0.39, 0.29) is 0 Å². The van der Waals surface area contributed by atoms with Crippen LogP contribution in [0.3, 0.4) is 0 Å². The fraction of sp³-hybridized carbons (Fsp3) is 0.652. The first-order chi connectivity index (χ1) is 11.3. The average molecular weight is 371 g/mol. The van der Waals surface area contributed by atoms with Gasteiger partial charge >= 0.3 is 0 Å². The standard InChI is InChI=1S/C23H38Si2/c1-15(2)18-11-12-19-22(18)25(9,10)21-14-17(16(3)23(4,5)6)13-20(21)24(19,7)8/h11-18H,1-10H3/t16-,17?,18?/m0/s1. The molecule has 3 rings (SSSR count). The maximum Gasteiger partial charge on any atom is 0.111 e. The van der Waals surface area contributed by atoms with Crippen LogP contribution in [-0.4, -0.2) is 16.1 Å². The smallest absolute Gasteiger partial charge is 0.0778 e. The number of hydrogen-bond acceptors (Lipinski definition) is 0. The summed E-state index contributed by atoms with van der Waals surface area (Å²) in [6, 6.07) is 0. The molecule has 0 radical (unpaired) electrons. The highest BCUT2D eigenvalue weighted by Crippen LogP contribution is 2.54. The molecule has 2 aliphatic carbocycles. The molecular weight excluding hydrogens is 332 g/mol. The summed E-state index contributed by atoms with van der Waals surface area (Å²) in [6.45, 7) is 24.9. The van der Waals surface area contributed by atoms with Gasteiger partial charge in [-0.2, -0.15) is 0 Å². The van der Waals surface area contributed by atoms with Gasteiger partial charge in [0, 0.05) is 0 Å². The molecule has 0 N–H and O–H groups in total. The van der Waals surface area contributed by atoms with E-state index in [1.807, 2.05) is 5.20 Å². The predicted molar refractivity (Wildman–Crippen MR) is 118 cm³/mol. The van der Waals surface area contributed by atoms with Crippen molar-refractivity contribution in [1.82, 2.24) is 0 Å². The quantitative estimate of drug-likeness (QED) is 0.465. The summed E-state index contributed by atoms with van der Waals surface area (Å²) < 4.78 is 0. The van der Waals surface area contributed by atoms with Gasteiger partial charge in [0.1, 0.15) is 16.1 Å². The Hall–Kier alpha value is -0.606. The van der Waals surface area contributed by atoms with Crippen molar-refractivity contribution in [2.75, 3.05) is 0 Å². The second kappa shape index (κ2) is 5.69. The molecule has 138 valence electrons. The van der Waals surface area contributed by atoms with Crippen molar-refractivity contribution < 1.29 is 0 Å². The lowest BCUT2D eigenvalue weighted by atomic mass is 9.75. The van der Waals surface area contributed by atoms with E-state index in [4.69, 9.17) is 0 Å². The molecule has 0 amide bonds. The van der Waals surface area contributed by atoms with E-state index in [0.29, 0.717) is 23.2 Å². The highest BCUT2D eigenvalue weighted by Gasteiger charge is 2.52.